The van der Waals surface area contributed by atoms with E-state index >= 15 is 0 Å². The Morgan fingerprint density at radius 1 is 1.00 bits per heavy atom. The molecule has 3 heterocycles. The van der Waals surface area contributed by atoms with Crippen LogP contribution >= 0.6 is 0 Å². The van der Waals surface area contributed by atoms with E-state index in [1.54, 1.807) is 13.1 Å². The molecule has 1 aliphatic rings. The zero-order valence-electron chi connectivity index (χ0n) is 18.4. The van der Waals surface area contributed by atoms with E-state index in [1.165, 1.54) is 49.9 Å². The van der Waals surface area contributed by atoms with Gasteiger partial charge in [-0.2, -0.15) is 0 Å². The average Bonchev–Trinajstić information content (AvgIpc) is 3.05. The van der Waals surface area contributed by atoms with E-state index in [4.69, 9.17) is 0 Å². The van der Waals surface area contributed by atoms with Gasteiger partial charge in [-0.05, 0) is 63.0 Å². The van der Waals surface area contributed by atoms with Crippen LogP contribution in [0.3, 0.4) is 0 Å². The van der Waals surface area contributed by atoms with E-state index in [0.717, 1.165) is 30.2 Å². The van der Waals surface area contributed by atoms with Gasteiger partial charge in [-0.25, -0.2) is 9.97 Å². The van der Waals surface area contributed by atoms with Crippen LogP contribution in [0.15, 0.2) is 47.4 Å². The maximum atomic E-state index is 12.0. The molecule has 1 saturated heterocycles. The van der Waals surface area contributed by atoms with Crippen molar-refractivity contribution in [3.05, 3.63) is 75.3 Å². The second-order valence-corrected chi connectivity index (χ2v) is 8.37. The molecule has 0 aliphatic carbocycles. The number of likely N-dealkylation sites (tertiary alicyclic amines) is 1. The number of pyridine rings is 1. The molecular formula is C25H31N5O. The van der Waals surface area contributed by atoms with Gasteiger partial charge >= 0.3 is 0 Å². The van der Waals surface area contributed by atoms with Crippen molar-refractivity contribution in [2.45, 2.75) is 52.6 Å². The van der Waals surface area contributed by atoms with Gasteiger partial charge in [0.25, 0.3) is 5.56 Å². The summed E-state index contributed by atoms with van der Waals surface area (Å²) in [5.41, 5.74) is 4.76. The number of anilines is 1. The highest BCUT2D eigenvalue weighted by molar-refractivity contribution is 5.56. The van der Waals surface area contributed by atoms with Crippen molar-refractivity contribution in [2.75, 3.05) is 18.4 Å². The summed E-state index contributed by atoms with van der Waals surface area (Å²) in [5, 5.41) is 3.44. The molecule has 1 aromatic carbocycles. The normalized spacial score (nSPS) is 14.9. The topological polar surface area (TPSA) is 73.9 Å². The number of rotatable bonds is 6. The Morgan fingerprint density at radius 2 is 1.74 bits per heavy atom. The Labute approximate surface area is 183 Å². The van der Waals surface area contributed by atoms with Gasteiger partial charge in [-0.1, -0.05) is 37.1 Å². The molecule has 162 valence electrons. The number of aromatic amines is 1. The standard InChI is InChI=1S/C25H31N5O/c1-18-19(2)28-24(29-25(18)31)21-11-12-23(27-16-21)26-15-20-9-5-6-10-22(20)17-30-13-7-3-4-8-14-30/h5-6,9-12,16H,3-4,7-8,13-15,17H2,1-2H3,(H,26,27)(H,28,29,31). The first-order valence-corrected chi connectivity index (χ1v) is 11.2. The molecule has 6 nitrogen and oxygen atoms in total. The Bertz CT molecular complexity index is 1070. The molecule has 2 N–H and O–H groups in total. The fourth-order valence-electron chi connectivity index (χ4n) is 4.03. The Kier molecular flexibility index (Phi) is 6.77. The highest BCUT2D eigenvalue weighted by Crippen LogP contribution is 2.19. The molecular weight excluding hydrogens is 386 g/mol. The molecule has 0 bridgehead atoms. The lowest BCUT2D eigenvalue weighted by Crippen LogP contribution is -2.24. The van der Waals surface area contributed by atoms with Gasteiger partial charge in [0.15, 0.2) is 0 Å². The molecule has 0 amide bonds. The molecule has 0 spiro atoms. The third kappa shape index (κ3) is 5.39. The number of aromatic nitrogens is 3. The summed E-state index contributed by atoms with van der Waals surface area (Å²) in [7, 11) is 0. The van der Waals surface area contributed by atoms with E-state index < -0.39 is 0 Å². The average molecular weight is 418 g/mol. The van der Waals surface area contributed by atoms with Crippen molar-refractivity contribution < 1.29 is 0 Å². The summed E-state index contributed by atoms with van der Waals surface area (Å²) in [6.07, 6.45) is 7.06. The summed E-state index contributed by atoms with van der Waals surface area (Å²) in [4.78, 5) is 26.4. The van der Waals surface area contributed by atoms with Crippen LogP contribution in [0, 0.1) is 13.8 Å². The highest BCUT2D eigenvalue weighted by Gasteiger charge is 2.12. The molecule has 0 saturated carbocycles. The molecule has 1 fully saturated rings. The van der Waals surface area contributed by atoms with Crippen LogP contribution in [0.1, 0.15) is 48.1 Å². The van der Waals surface area contributed by atoms with Crippen molar-refractivity contribution in [1.29, 1.82) is 0 Å². The number of aryl methyl sites for hydroxylation is 1. The smallest absolute Gasteiger partial charge is 0.254 e. The Balaban J connectivity index is 1.42. The molecule has 6 heteroatoms. The molecule has 0 atom stereocenters. The molecule has 1 aliphatic heterocycles. The minimum atomic E-state index is -0.106. The second-order valence-electron chi connectivity index (χ2n) is 8.37. The zero-order valence-corrected chi connectivity index (χ0v) is 18.4. The first kappa shape index (κ1) is 21.2. The minimum Gasteiger partial charge on any atom is -0.366 e. The number of H-pyrrole nitrogens is 1. The molecule has 4 rings (SSSR count). The number of nitrogens with zero attached hydrogens (tertiary/aromatic N) is 3. The lowest BCUT2D eigenvalue weighted by Gasteiger charge is -2.21. The largest absolute Gasteiger partial charge is 0.366 e. The highest BCUT2D eigenvalue weighted by atomic mass is 16.1. The minimum absolute atomic E-state index is 0.106. The summed E-state index contributed by atoms with van der Waals surface area (Å²) in [6.45, 7) is 7.76. The summed E-state index contributed by atoms with van der Waals surface area (Å²) in [5.74, 6) is 1.36. The van der Waals surface area contributed by atoms with E-state index in [0.29, 0.717) is 11.4 Å². The Morgan fingerprint density at radius 3 is 2.42 bits per heavy atom. The van der Waals surface area contributed by atoms with Crippen molar-refractivity contribution in [3.8, 4) is 11.4 Å². The molecule has 0 radical (unpaired) electrons. The van der Waals surface area contributed by atoms with Crippen LogP contribution in [-0.4, -0.2) is 32.9 Å². The van der Waals surface area contributed by atoms with Crippen molar-refractivity contribution in [2.24, 2.45) is 0 Å². The maximum absolute atomic E-state index is 12.0. The number of nitrogens with one attached hydrogen (secondary N) is 2. The SMILES string of the molecule is Cc1nc(-c2ccc(NCc3ccccc3CN3CCCCCC3)nc2)[nH]c(=O)c1C. The monoisotopic (exact) mass is 417 g/mol. The second kappa shape index (κ2) is 9.88. The quantitative estimate of drug-likeness (QED) is 0.620. The molecule has 31 heavy (non-hydrogen) atoms. The lowest BCUT2D eigenvalue weighted by atomic mass is 10.1. The van der Waals surface area contributed by atoms with Gasteiger partial charge in [-0.3, -0.25) is 9.69 Å². The van der Waals surface area contributed by atoms with Crippen LogP contribution in [-0.2, 0) is 13.1 Å². The van der Waals surface area contributed by atoms with Crippen LogP contribution in [0.2, 0.25) is 0 Å². The lowest BCUT2D eigenvalue weighted by molar-refractivity contribution is 0.276. The third-order valence-corrected chi connectivity index (χ3v) is 6.10. The van der Waals surface area contributed by atoms with Gasteiger partial charge in [0.1, 0.15) is 11.6 Å². The zero-order chi connectivity index (χ0) is 21.6. The summed E-state index contributed by atoms with van der Waals surface area (Å²) < 4.78 is 0. The first-order valence-electron chi connectivity index (χ1n) is 11.2. The molecule has 0 unspecified atom stereocenters. The van der Waals surface area contributed by atoms with Gasteiger partial charge in [-0.15, -0.1) is 0 Å². The van der Waals surface area contributed by atoms with Crippen LogP contribution < -0.4 is 10.9 Å². The van der Waals surface area contributed by atoms with E-state index in [1.807, 2.05) is 19.1 Å². The predicted molar refractivity (Wildman–Crippen MR) is 125 cm³/mol. The van der Waals surface area contributed by atoms with Gasteiger partial charge < -0.3 is 10.3 Å². The van der Waals surface area contributed by atoms with Gasteiger partial charge in [0.05, 0.1) is 0 Å². The maximum Gasteiger partial charge on any atom is 0.254 e. The molecule has 3 aromatic rings. The fraction of sp³-hybridized carbons (Fsp3) is 0.400. The van der Waals surface area contributed by atoms with Crippen molar-refractivity contribution >= 4 is 5.82 Å². The first-order chi connectivity index (χ1) is 15.1. The summed E-state index contributed by atoms with van der Waals surface area (Å²) >= 11 is 0. The van der Waals surface area contributed by atoms with Crippen LogP contribution in [0.4, 0.5) is 5.82 Å². The van der Waals surface area contributed by atoms with Crippen LogP contribution in [0.5, 0.6) is 0 Å². The Hall–Kier alpha value is -2.99. The van der Waals surface area contributed by atoms with Gasteiger partial charge in [0.2, 0.25) is 0 Å². The number of hydrogen-bond acceptors (Lipinski definition) is 5. The molecule has 2 aromatic heterocycles. The summed E-state index contributed by atoms with van der Waals surface area (Å²) in [6, 6.07) is 12.5. The van der Waals surface area contributed by atoms with Crippen molar-refractivity contribution in [3.63, 3.8) is 0 Å². The van der Waals surface area contributed by atoms with E-state index in [9.17, 15) is 4.79 Å². The number of hydrogen-bond donors (Lipinski definition) is 2. The van der Waals surface area contributed by atoms with E-state index in [-0.39, 0.29) is 5.56 Å². The third-order valence-electron chi connectivity index (χ3n) is 6.10. The fourth-order valence-corrected chi connectivity index (χ4v) is 4.03. The van der Waals surface area contributed by atoms with Crippen LogP contribution in [0.25, 0.3) is 11.4 Å². The predicted octanol–water partition coefficient (Wildman–Crippen LogP) is 4.44. The van der Waals surface area contributed by atoms with Crippen molar-refractivity contribution in [1.82, 2.24) is 19.9 Å². The van der Waals surface area contributed by atoms with Gasteiger partial charge in [0, 0.05) is 36.1 Å². The number of benzene rings is 1. The van der Waals surface area contributed by atoms with E-state index in [2.05, 4.69) is 49.4 Å².